The third-order valence-electron chi connectivity index (χ3n) is 4.25. The van der Waals surface area contributed by atoms with Gasteiger partial charge >= 0.3 is 0 Å². The summed E-state index contributed by atoms with van der Waals surface area (Å²) in [6.07, 6.45) is 7.17. The lowest BCUT2D eigenvalue weighted by Crippen LogP contribution is -2.35. The Bertz CT molecular complexity index is 198. The van der Waals surface area contributed by atoms with Crippen molar-refractivity contribution >= 4 is 0 Å². The fraction of sp³-hybridized carbons (Fsp3) is 1.00. The highest BCUT2D eigenvalue weighted by atomic mass is 16.5. The highest BCUT2D eigenvalue weighted by molar-refractivity contribution is 4.73. The maximum Gasteiger partial charge on any atom is 0.0702 e. The minimum Gasteiger partial charge on any atom is -0.377 e. The van der Waals surface area contributed by atoms with Crippen LogP contribution in [0, 0.1) is 5.92 Å². The molecule has 2 rings (SSSR count). The van der Waals surface area contributed by atoms with Crippen LogP contribution in [-0.4, -0.2) is 50.3 Å². The van der Waals surface area contributed by atoms with E-state index in [2.05, 4.69) is 17.1 Å². The van der Waals surface area contributed by atoms with Crippen LogP contribution >= 0.6 is 0 Å². The molecule has 2 saturated heterocycles. The molecule has 3 heteroatoms. The molecule has 0 aromatic heterocycles. The number of likely N-dealkylation sites (N-methyl/N-ethyl adjacent to an activating group) is 1. The fourth-order valence-electron chi connectivity index (χ4n) is 2.99. The molecule has 2 fully saturated rings. The second kappa shape index (κ2) is 7.34. The van der Waals surface area contributed by atoms with Crippen molar-refractivity contribution in [1.82, 2.24) is 10.2 Å². The van der Waals surface area contributed by atoms with Crippen LogP contribution in [0.2, 0.25) is 0 Å². The van der Waals surface area contributed by atoms with Gasteiger partial charge in [0.15, 0.2) is 0 Å². The largest absolute Gasteiger partial charge is 0.377 e. The van der Waals surface area contributed by atoms with Crippen LogP contribution in [-0.2, 0) is 4.74 Å². The van der Waals surface area contributed by atoms with Crippen LogP contribution in [0.4, 0.5) is 0 Å². The number of hydrogen-bond donors (Lipinski definition) is 1. The molecule has 17 heavy (non-hydrogen) atoms. The van der Waals surface area contributed by atoms with Crippen LogP contribution in [0.5, 0.6) is 0 Å². The summed E-state index contributed by atoms with van der Waals surface area (Å²) in [7, 11) is 0. The number of nitrogens with zero attached hydrogens (tertiary/aromatic N) is 1. The predicted molar refractivity (Wildman–Crippen MR) is 71.3 cm³/mol. The first-order valence-electron chi connectivity index (χ1n) is 7.43. The first-order chi connectivity index (χ1) is 8.38. The van der Waals surface area contributed by atoms with Crippen molar-refractivity contribution in [1.29, 1.82) is 0 Å². The molecular formula is C14H28N2O. The van der Waals surface area contributed by atoms with Crippen LogP contribution in [0.3, 0.4) is 0 Å². The zero-order chi connectivity index (χ0) is 11.9. The molecule has 2 aliphatic heterocycles. The first-order valence-corrected chi connectivity index (χ1v) is 7.43. The molecule has 2 heterocycles. The van der Waals surface area contributed by atoms with E-state index in [0.717, 1.165) is 19.1 Å². The lowest BCUT2D eigenvalue weighted by atomic mass is 9.94. The summed E-state index contributed by atoms with van der Waals surface area (Å²) in [4.78, 5) is 2.58. The summed E-state index contributed by atoms with van der Waals surface area (Å²) >= 11 is 0. The molecule has 100 valence electrons. The van der Waals surface area contributed by atoms with Crippen LogP contribution in [0.1, 0.15) is 39.0 Å². The van der Waals surface area contributed by atoms with Crippen molar-refractivity contribution in [3.8, 4) is 0 Å². The molecule has 3 nitrogen and oxygen atoms in total. The summed E-state index contributed by atoms with van der Waals surface area (Å²) in [6, 6.07) is 0. The topological polar surface area (TPSA) is 24.5 Å². The molecule has 2 aliphatic rings. The van der Waals surface area contributed by atoms with Gasteiger partial charge in [-0.25, -0.2) is 0 Å². The molecule has 0 saturated carbocycles. The third-order valence-corrected chi connectivity index (χ3v) is 4.25. The fourth-order valence-corrected chi connectivity index (χ4v) is 2.99. The summed E-state index contributed by atoms with van der Waals surface area (Å²) in [5.74, 6) is 0.954. The van der Waals surface area contributed by atoms with Crippen LogP contribution in [0.25, 0.3) is 0 Å². The Morgan fingerprint density at radius 2 is 2.06 bits per heavy atom. The lowest BCUT2D eigenvalue weighted by Gasteiger charge is -2.28. The molecule has 0 aliphatic carbocycles. The van der Waals surface area contributed by atoms with Gasteiger partial charge in [-0.15, -0.1) is 0 Å². The molecule has 1 N–H and O–H groups in total. The zero-order valence-corrected chi connectivity index (χ0v) is 11.3. The normalized spacial score (nSPS) is 26.8. The number of hydrogen-bond acceptors (Lipinski definition) is 3. The Kier molecular flexibility index (Phi) is 5.75. The van der Waals surface area contributed by atoms with E-state index in [-0.39, 0.29) is 0 Å². The maximum atomic E-state index is 5.73. The average molecular weight is 240 g/mol. The van der Waals surface area contributed by atoms with Crippen molar-refractivity contribution in [2.45, 2.75) is 45.1 Å². The average Bonchev–Trinajstić information content (AvgIpc) is 2.88. The number of ether oxygens (including phenoxy) is 1. The molecule has 1 atom stereocenters. The Hall–Kier alpha value is -0.120. The van der Waals surface area contributed by atoms with Gasteiger partial charge in [0, 0.05) is 13.2 Å². The van der Waals surface area contributed by atoms with E-state index in [9.17, 15) is 0 Å². The van der Waals surface area contributed by atoms with Crippen molar-refractivity contribution < 1.29 is 4.74 Å². The standard InChI is InChI=1S/C14H28N2O/c1-2-16(12-14-4-3-11-17-14)10-7-13-5-8-15-9-6-13/h13-15H,2-12H2,1H3. The van der Waals surface area contributed by atoms with E-state index >= 15 is 0 Å². The predicted octanol–water partition coefficient (Wildman–Crippen LogP) is 1.88. The second-order valence-electron chi connectivity index (χ2n) is 5.51. The Morgan fingerprint density at radius 3 is 2.71 bits per heavy atom. The molecule has 0 radical (unpaired) electrons. The summed E-state index contributed by atoms with van der Waals surface area (Å²) in [6.45, 7) is 9.30. The molecular weight excluding hydrogens is 212 g/mol. The number of piperidine rings is 1. The minimum atomic E-state index is 0.517. The van der Waals surface area contributed by atoms with Crippen molar-refractivity contribution in [2.24, 2.45) is 5.92 Å². The molecule has 0 aromatic rings. The lowest BCUT2D eigenvalue weighted by molar-refractivity contribution is 0.0723. The molecule has 0 bridgehead atoms. The van der Waals surface area contributed by atoms with E-state index in [1.54, 1.807) is 0 Å². The Balaban J connectivity index is 1.63. The van der Waals surface area contributed by atoms with Crippen LogP contribution < -0.4 is 5.32 Å². The molecule has 0 spiro atoms. The second-order valence-corrected chi connectivity index (χ2v) is 5.51. The number of rotatable bonds is 6. The van der Waals surface area contributed by atoms with Gasteiger partial charge in [-0.1, -0.05) is 6.92 Å². The van der Waals surface area contributed by atoms with Gasteiger partial charge in [0.25, 0.3) is 0 Å². The quantitative estimate of drug-likeness (QED) is 0.767. The van der Waals surface area contributed by atoms with Gasteiger partial charge in [-0.2, -0.15) is 0 Å². The summed E-state index contributed by atoms with van der Waals surface area (Å²) in [5, 5.41) is 3.44. The Morgan fingerprint density at radius 1 is 1.24 bits per heavy atom. The van der Waals surface area contributed by atoms with Crippen molar-refractivity contribution in [2.75, 3.05) is 39.3 Å². The van der Waals surface area contributed by atoms with Gasteiger partial charge in [0.1, 0.15) is 0 Å². The highest BCUT2D eigenvalue weighted by Gasteiger charge is 2.19. The number of nitrogens with one attached hydrogen (secondary N) is 1. The third kappa shape index (κ3) is 4.57. The van der Waals surface area contributed by atoms with E-state index in [1.165, 1.54) is 58.3 Å². The van der Waals surface area contributed by atoms with E-state index in [4.69, 9.17) is 4.74 Å². The zero-order valence-electron chi connectivity index (χ0n) is 11.3. The molecule has 0 amide bonds. The summed E-state index contributed by atoms with van der Waals surface area (Å²) < 4.78 is 5.73. The first kappa shape index (κ1) is 13.3. The van der Waals surface area contributed by atoms with Crippen molar-refractivity contribution in [3.63, 3.8) is 0 Å². The maximum absolute atomic E-state index is 5.73. The SMILES string of the molecule is CCN(CCC1CCNCC1)CC1CCCO1. The Labute approximate surface area is 106 Å². The van der Waals surface area contributed by atoms with Gasteiger partial charge < -0.3 is 15.0 Å². The van der Waals surface area contributed by atoms with Gasteiger partial charge in [0.2, 0.25) is 0 Å². The van der Waals surface area contributed by atoms with E-state index in [1.807, 2.05) is 0 Å². The molecule has 0 aromatic carbocycles. The minimum absolute atomic E-state index is 0.517. The van der Waals surface area contributed by atoms with Crippen LogP contribution in [0.15, 0.2) is 0 Å². The van der Waals surface area contributed by atoms with E-state index < -0.39 is 0 Å². The highest BCUT2D eigenvalue weighted by Crippen LogP contribution is 2.18. The molecule has 1 unspecified atom stereocenters. The van der Waals surface area contributed by atoms with Crippen molar-refractivity contribution in [3.05, 3.63) is 0 Å². The van der Waals surface area contributed by atoms with Gasteiger partial charge in [0.05, 0.1) is 6.10 Å². The monoisotopic (exact) mass is 240 g/mol. The van der Waals surface area contributed by atoms with Gasteiger partial charge in [-0.3, -0.25) is 0 Å². The smallest absolute Gasteiger partial charge is 0.0702 e. The van der Waals surface area contributed by atoms with E-state index in [0.29, 0.717) is 6.10 Å². The summed E-state index contributed by atoms with van der Waals surface area (Å²) in [5.41, 5.74) is 0. The van der Waals surface area contributed by atoms with Gasteiger partial charge in [-0.05, 0) is 64.2 Å².